The Bertz CT molecular complexity index is 1440. The van der Waals surface area contributed by atoms with Crippen LogP contribution in [0, 0.1) is 23.7 Å². The summed E-state index contributed by atoms with van der Waals surface area (Å²) in [6.45, 7) is 0. The van der Waals surface area contributed by atoms with Crippen molar-refractivity contribution in [2.24, 2.45) is 23.7 Å². The zero-order valence-electron chi connectivity index (χ0n) is 40.9. The van der Waals surface area contributed by atoms with Gasteiger partial charge >= 0.3 is 0 Å². The van der Waals surface area contributed by atoms with Crippen molar-refractivity contribution < 1.29 is 38.0 Å². The number of carbonyl (C=O) groups excluding carboxylic acids is 2. The number of Topliss-reactive ketones (excluding diaryl/α,β-unsaturated/α-hetero) is 2. The van der Waals surface area contributed by atoms with Crippen molar-refractivity contribution in [3.05, 3.63) is 0 Å². The van der Waals surface area contributed by atoms with Crippen molar-refractivity contribution in [2.45, 2.75) is 315 Å². The Hall–Kier alpha value is -0.320. The maximum atomic E-state index is 13.7. The molecule has 0 N–H and O–H groups in total. The lowest BCUT2D eigenvalue weighted by Crippen LogP contribution is -2.39. The summed E-state index contributed by atoms with van der Waals surface area (Å²) in [5.74, 6) is 1.29. The van der Waals surface area contributed by atoms with Crippen molar-refractivity contribution in [3.63, 3.8) is 0 Å². The highest BCUT2D eigenvalue weighted by molar-refractivity contribution is 6.24. The first-order chi connectivity index (χ1) is 32.3. The molecule has 0 aliphatic heterocycles. The largest absolute Gasteiger partial charge is 0.375 e. The van der Waals surface area contributed by atoms with Gasteiger partial charge in [-0.3, -0.25) is 9.59 Å². The highest BCUT2D eigenvalue weighted by Crippen LogP contribution is 2.41. The van der Waals surface area contributed by atoms with Gasteiger partial charge in [0.05, 0.1) is 73.2 Å². The molecule has 66 heavy (non-hydrogen) atoms. The third kappa shape index (κ3) is 14.7. The molecule has 0 spiro atoms. The Morgan fingerprint density at radius 3 is 0.803 bits per heavy atom. The summed E-state index contributed by atoms with van der Waals surface area (Å²) in [5, 5.41) is 0.0218. The molecule has 9 saturated carbocycles. The lowest BCUT2D eigenvalue weighted by Gasteiger charge is -2.38. The molecule has 376 valence electrons. The number of alkyl halides is 2. The van der Waals surface area contributed by atoms with E-state index >= 15 is 0 Å². The van der Waals surface area contributed by atoms with E-state index in [4.69, 9.17) is 51.6 Å². The first-order valence-electron chi connectivity index (χ1n) is 28.5. The molecule has 0 amide bonds. The Labute approximate surface area is 409 Å². The van der Waals surface area contributed by atoms with Gasteiger partial charge in [0.1, 0.15) is 11.6 Å². The maximum Gasteiger partial charge on any atom is 0.140 e. The number of rotatable bonds is 16. The van der Waals surface area contributed by atoms with E-state index in [0.29, 0.717) is 72.6 Å². The molecular weight excluding hydrogens is 872 g/mol. The van der Waals surface area contributed by atoms with Gasteiger partial charge in [0.2, 0.25) is 0 Å². The van der Waals surface area contributed by atoms with E-state index in [1.807, 2.05) is 0 Å². The Kier molecular flexibility index (Phi) is 19.5. The summed E-state index contributed by atoms with van der Waals surface area (Å²) in [5.41, 5.74) is 0. The van der Waals surface area contributed by atoms with Crippen molar-refractivity contribution >= 4 is 34.8 Å². The number of hydrogen-bond acceptors (Lipinski definition) is 8. The summed E-state index contributed by atoms with van der Waals surface area (Å²) in [7, 11) is 0. The third-order valence-electron chi connectivity index (χ3n) is 18.6. The highest BCUT2D eigenvalue weighted by Gasteiger charge is 2.40. The summed E-state index contributed by atoms with van der Waals surface area (Å²) < 4.78 is 39.9. The van der Waals surface area contributed by atoms with Gasteiger partial charge < -0.3 is 28.4 Å². The van der Waals surface area contributed by atoms with Crippen LogP contribution in [0.2, 0.25) is 0 Å². The van der Waals surface area contributed by atoms with Crippen LogP contribution in [0.25, 0.3) is 0 Å². The molecule has 3 unspecified atom stereocenters. The van der Waals surface area contributed by atoms with E-state index in [2.05, 4.69) is 0 Å². The minimum Gasteiger partial charge on any atom is -0.375 e. The molecule has 9 aliphatic rings. The normalized spacial score (nSPS) is 43.5. The SMILES string of the molecule is O=C(C1CCC(OC2CCC(OC3CCC(OC4CCC(OC5CCC(OC6CCCCC6)CC5)CC4)CC3)CC2)CC1)C1CCC(OC2CCC(C(=O)C3CC(Cl)CCC3Cl)CC2)CC1. The van der Waals surface area contributed by atoms with Crippen LogP contribution in [-0.2, 0) is 38.0 Å². The molecule has 0 bridgehead atoms. The van der Waals surface area contributed by atoms with Gasteiger partial charge in [-0.1, -0.05) is 19.3 Å². The molecule has 0 heterocycles. The van der Waals surface area contributed by atoms with E-state index in [0.717, 1.165) is 173 Å². The lowest BCUT2D eigenvalue weighted by molar-refractivity contribution is -0.133. The Balaban J connectivity index is 0.576. The minimum absolute atomic E-state index is 0.0597. The zero-order chi connectivity index (χ0) is 45.2. The van der Waals surface area contributed by atoms with Crippen LogP contribution in [0.5, 0.6) is 0 Å². The topological polar surface area (TPSA) is 89.5 Å². The fraction of sp³-hybridized carbons (Fsp3) is 0.964. The molecule has 0 aromatic carbocycles. The molecule has 0 aromatic heterocycles. The van der Waals surface area contributed by atoms with E-state index in [1.54, 1.807) is 0 Å². The second-order valence-electron chi connectivity index (χ2n) is 23.4. The Morgan fingerprint density at radius 1 is 0.273 bits per heavy atom. The van der Waals surface area contributed by atoms with Crippen LogP contribution in [0.15, 0.2) is 0 Å². The maximum absolute atomic E-state index is 13.7. The first kappa shape index (κ1) is 50.6. The third-order valence-corrected chi connectivity index (χ3v) is 19.6. The smallest absolute Gasteiger partial charge is 0.140 e. The van der Waals surface area contributed by atoms with Crippen molar-refractivity contribution in [3.8, 4) is 0 Å². The van der Waals surface area contributed by atoms with Crippen LogP contribution >= 0.6 is 23.2 Å². The molecule has 0 saturated heterocycles. The van der Waals surface area contributed by atoms with Crippen LogP contribution in [0.3, 0.4) is 0 Å². The van der Waals surface area contributed by atoms with E-state index in [1.165, 1.54) is 57.8 Å². The van der Waals surface area contributed by atoms with E-state index < -0.39 is 0 Å². The van der Waals surface area contributed by atoms with E-state index in [-0.39, 0.29) is 46.6 Å². The van der Waals surface area contributed by atoms with Gasteiger partial charge in [0.25, 0.3) is 0 Å². The second kappa shape index (κ2) is 25.4. The van der Waals surface area contributed by atoms with Crippen molar-refractivity contribution in [1.29, 1.82) is 0 Å². The van der Waals surface area contributed by atoms with E-state index in [9.17, 15) is 9.59 Å². The van der Waals surface area contributed by atoms with Gasteiger partial charge in [0, 0.05) is 34.4 Å². The second-order valence-corrected chi connectivity index (χ2v) is 24.6. The summed E-state index contributed by atoms with van der Waals surface area (Å²) in [4.78, 5) is 27.0. The number of ketones is 2. The van der Waals surface area contributed by atoms with Crippen molar-refractivity contribution in [1.82, 2.24) is 0 Å². The quantitative estimate of drug-likeness (QED) is 0.141. The molecular formula is C56H90Cl2O8. The zero-order valence-corrected chi connectivity index (χ0v) is 42.4. The van der Waals surface area contributed by atoms with Crippen LogP contribution in [0.1, 0.15) is 231 Å². The number of halogens is 2. The fourth-order valence-electron chi connectivity index (χ4n) is 14.5. The van der Waals surface area contributed by atoms with Gasteiger partial charge in [-0.2, -0.15) is 0 Å². The van der Waals surface area contributed by atoms with Crippen molar-refractivity contribution in [2.75, 3.05) is 0 Å². The van der Waals surface area contributed by atoms with Gasteiger partial charge in [-0.05, 0) is 212 Å². The predicted molar refractivity (Wildman–Crippen MR) is 261 cm³/mol. The van der Waals surface area contributed by atoms with Gasteiger partial charge in [-0.25, -0.2) is 0 Å². The molecule has 9 aliphatic carbocycles. The van der Waals surface area contributed by atoms with Gasteiger partial charge in [-0.15, -0.1) is 23.2 Å². The lowest BCUT2D eigenvalue weighted by atomic mass is 9.75. The fourth-order valence-corrected chi connectivity index (χ4v) is 15.2. The standard InChI is InChI=1S/C56H90Cl2O8/c57-40-12-35-54(58)53(36-40)56(60)39-10-17-44(18-11-39)62-42-13-6-37(7-14-42)55(59)38-8-15-43(16-9-38)63-46-23-25-48(26-24-46)65-50-31-33-52(34-32-50)66-51-29-27-49(28-30-51)64-47-21-19-45(20-22-47)61-41-4-2-1-3-5-41/h37-54H,1-36H2. The number of carbonyl (C=O) groups is 2. The Morgan fingerprint density at radius 2 is 0.515 bits per heavy atom. The average Bonchev–Trinajstić information content (AvgIpc) is 3.35. The number of ether oxygens (including phenoxy) is 6. The molecule has 9 rings (SSSR count). The monoisotopic (exact) mass is 961 g/mol. The van der Waals surface area contributed by atoms with Crippen LogP contribution in [-0.4, -0.2) is 95.6 Å². The minimum atomic E-state index is -0.0807. The number of hydrogen-bond donors (Lipinski definition) is 0. The molecule has 9 fully saturated rings. The highest BCUT2D eigenvalue weighted by atomic mass is 35.5. The summed E-state index contributed by atoms with van der Waals surface area (Å²) in [6, 6.07) is 0. The predicted octanol–water partition coefficient (Wildman–Crippen LogP) is 13.5. The summed E-state index contributed by atoms with van der Waals surface area (Å²) in [6.07, 6.45) is 43.4. The van der Waals surface area contributed by atoms with Crippen LogP contribution < -0.4 is 0 Å². The summed E-state index contributed by atoms with van der Waals surface area (Å²) >= 11 is 13.0. The van der Waals surface area contributed by atoms with Crippen LogP contribution in [0.4, 0.5) is 0 Å². The molecule has 0 radical (unpaired) electrons. The average molecular weight is 962 g/mol. The molecule has 3 atom stereocenters. The molecule has 8 nitrogen and oxygen atoms in total. The molecule has 0 aromatic rings. The van der Waals surface area contributed by atoms with Gasteiger partial charge in [0.15, 0.2) is 0 Å². The molecule has 10 heteroatoms. The first-order valence-corrected chi connectivity index (χ1v) is 29.4.